The fraction of sp³-hybridized carbons (Fsp3) is 0.207. The number of nitrogens with one attached hydrogen (secondary N) is 1. The first-order chi connectivity index (χ1) is 19.3. The smallest absolute Gasteiger partial charge is 0.326 e. The predicted molar refractivity (Wildman–Crippen MR) is 155 cm³/mol. The van der Waals surface area contributed by atoms with Crippen LogP contribution in [0.5, 0.6) is 5.75 Å². The highest BCUT2D eigenvalue weighted by Crippen LogP contribution is 2.35. The second kappa shape index (κ2) is 12.3. The number of carboxylic acid groups (broad SMARTS) is 1. The second-order valence-corrected chi connectivity index (χ2v) is 12.4. The summed E-state index contributed by atoms with van der Waals surface area (Å²) >= 11 is 13.0. The maximum absolute atomic E-state index is 13.2. The molecule has 3 aromatic rings. The van der Waals surface area contributed by atoms with Crippen LogP contribution in [0.2, 0.25) is 10.0 Å². The number of aromatic hydroxyl groups is 1. The molecule has 0 saturated carbocycles. The molecule has 0 aliphatic carbocycles. The number of para-hydroxylation sites is 1. The van der Waals surface area contributed by atoms with Gasteiger partial charge in [0.15, 0.2) is 9.84 Å². The molecule has 41 heavy (non-hydrogen) atoms. The van der Waals surface area contributed by atoms with Crippen molar-refractivity contribution < 1.29 is 33.0 Å². The van der Waals surface area contributed by atoms with Crippen LogP contribution in [-0.4, -0.2) is 60.2 Å². The molecule has 12 heteroatoms. The lowest BCUT2D eigenvalue weighted by atomic mass is 9.96. The Kier molecular flexibility index (Phi) is 9.06. The number of aliphatic carboxylic acids is 1. The van der Waals surface area contributed by atoms with Gasteiger partial charge in [0, 0.05) is 37.4 Å². The summed E-state index contributed by atoms with van der Waals surface area (Å²) in [7, 11) is -3.50. The van der Waals surface area contributed by atoms with Gasteiger partial charge in [-0.3, -0.25) is 9.59 Å². The normalized spacial score (nSPS) is 14.0. The molecule has 1 aliphatic rings. The van der Waals surface area contributed by atoms with Crippen molar-refractivity contribution in [2.24, 2.45) is 0 Å². The fourth-order valence-corrected chi connectivity index (χ4v) is 5.97. The number of benzene rings is 3. The van der Waals surface area contributed by atoms with Crippen LogP contribution in [0.15, 0.2) is 65.6 Å². The van der Waals surface area contributed by atoms with E-state index in [1.165, 1.54) is 42.5 Å². The highest BCUT2D eigenvalue weighted by atomic mass is 35.5. The molecular formula is C29H26Cl2N2O7S. The third-order valence-electron chi connectivity index (χ3n) is 6.66. The Bertz CT molecular complexity index is 1670. The molecule has 0 fully saturated rings. The Morgan fingerprint density at radius 3 is 2.51 bits per heavy atom. The number of hydrogen-bond acceptors (Lipinski definition) is 6. The lowest BCUT2D eigenvalue weighted by Crippen LogP contribution is -2.42. The number of fused-ring (bicyclic) bond motifs is 1. The lowest BCUT2D eigenvalue weighted by molar-refractivity contribution is -0.139. The monoisotopic (exact) mass is 616 g/mol. The van der Waals surface area contributed by atoms with Gasteiger partial charge in [-0.15, -0.1) is 0 Å². The topological polar surface area (TPSA) is 141 Å². The molecule has 0 spiro atoms. The van der Waals surface area contributed by atoms with Crippen molar-refractivity contribution in [2.75, 3.05) is 12.8 Å². The van der Waals surface area contributed by atoms with Crippen molar-refractivity contribution in [3.63, 3.8) is 0 Å². The van der Waals surface area contributed by atoms with E-state index in [4.69, 9.17) is 23.2 Å². The van der Waals surface area contributed by atoms with E-state index >= 15 is 0 Å². The number of hydrogen-bond donors (Lipinski definition) is 3. The van der Waals surface area contributed by atoms with Gasteiger partial charge in [0.2, 0.25) is 5.91 Å². The number of halogens is 2. The quantitative estimate of drug-likeness (QED) is 0.323. The molecule has 4 rings (SSSR count). The van der Waals surface area contributed by atoms with Gasteiger partial charge < -0.3 is 20.4 Å². The molecule has 214 valence electrons. The minimum absolute atomic E-state index is 0.00601. The van der Waals surface area contributed by atoms with Crippen molar-refractivity contribution in [1.82, 2.24) is 10.2 Å². The van der Waals surface area contributed by atoms with E-state index < -0.39 is 27.8 Å². The molecule has 3 N–H and O–H groups in total. The van der Waals surface area contributed by atoms with E-state index in [1.807, 2.05) is 0 Å². The average Bonchev–Trinajstić information content (AvgIpc) is 2.91. The highest BCUT2D eigenvalue weighted by molar-refractivity contribution is 7.90. The van der Waals surface area contributed by atoms with Gasteiger partial charge >= 0.3 is 5.97 Å². The minimum atomic E-state index is -3.50. The van der Waals surface area contributed by atoms with Crippen LogP contribution in [0.25, 0.3) is 6.08 Å². The number of amides is 2. The molecule has 3 aromatic carbocycles. The highest BCUT2D eigenvalue weighted by Gasteiger charge is 2.29. The van der Waals surface area contributed by atoms with E-state index in [9.17, 15) is 33.0 Å². The summed E-state index contributed by atoms with van der Waals surface area (Å²) in [5.74, 6) is -2.34. The van der Waals surface area contributed by atoms with Crippen LogP contribution in [0.4, 0.5) is 0 Å². The van der Waals surface area contributed by atoms with E-state index in [0.29, 0.717) is 35.2 Å². The molecular weight excluding hydrogens is 591 g/mol. The molecule has 2 amide bonds. The van der Waals surface area contributed by atoms with Crippen LogP contribution in [0, 0.1) is 0 Å². The van der Waals surface area contributed by atoms with Gasteiger partial charge in [-0.05, 0) is 53.5 Å². The first-order valence-electron chi connectivity index (χ1n) is 12.4. The van der Waals surface area contributed by atoms with Crippen LogP contribution < -0.4 is 5.32 Å². The molecule has 1 aliphatic heterocycles. The van der Waals surface area contributed by atoms with Gasteiger partial charge in [0.25, 0.3) is 5.91 Å². The summed E-state index contributed by atoms with van der Waals surface area (Å²) in [5, 5.41) is 22.2. The molecule has 0 radical (unpaired) electrons. The molecule has 0 bridgehead atoms. The van der Waals surface area contributed by atoms with Gasteiger partial charge in [0.1, 0.15) is 11.8 Å². The standard InChI is InChI=1S/C29H26Cl2N2O7S/c1-41(39,40)20-7-4-5-17(13-20)14-23(29(37)38)32-28(36)26-22(30)15-19-16-33(12-11-21(19)27(26)31)25(35)10-9-18-6-2-3-8-24(18)34/h2-10,13,15,23,34H,11-12,14,16H2,1H3,(H,32,36)(H,37,38)/b10-9+. The predicted octanol–water partition coefficient (Wildman–Crippen LogP) is 4.13. The summed E-state index contributed by atoms with van der Waals surface area (Å²) < 4.78 is 23.7. The van der Waals surface area contributed by atoms with Crippen LogP contribution >= 0.6 is 23.2 Å². The van der Waals surface area contributed by atoms with E-state index in [1.54, 1.807) is 29.2 Å². The summed E-state index contributed by atoms with van der Waals surface area (Å²) in [6.45, 7) is 0.503. The second-order valence-electron chi connectivity index (χ2n) is 9.57. The Labute approximate surface area is 246 Å². The molecule has 9 nitrogen and oxygen atoms in total. The number of rotatable bonds is 8. The molecule has 1 unspecified atom stereocenters. The van der Waals surface area contributed by atoms with Crippen molar-refractivity contribution in [3.8, 4) is 5.75 Å². The zero-order valence-corrected chi connectivity index (χ0v) is 24.1. The van der Waals surface area contributed by atoms with Crippen molar-refractivity contribution in [1.29, 1.82) is 0 Å². The summed E-state index contributed by atoms with van der Waals surface area (Å²) in [5.41, 5.74) is 2.11. The maximum atomic E-state index is 13.2. The molecule has 1 atom stereocenters. The Balaban J connectivity index is 1.51. The Morgan fingerprint density at radius 1 is 1.10 bits per heavy atom. The zero-order chi connectivity index (χ0) is 29.9. The number of nitrogens with zero attached hydrogens (tertiary/aromatic N) is 1. The Morgan fingerprint density at radius 2 is 1.83 bits per heavy atom. The SMILES string of the molecule is CS(=O)(=O)c1cccc(CC(NC(=O)c2c(Cl)cc3c(c2Cl)CCN(C(=O)/C=C/c2ccccc2O)C3)C(=O)O)c1. The number of phenols is 1. The minimum Gasteiger partial charge on any atom is -0.507 e. The molecule has 1 heterocycles. The van der Waals surface area contributed by atoms with Crippen molar-refractivity contribution in [3.05, 3.63) is 98.5 Å². The number of carboxylic acids is 1. The number of phenolic OH excluding ortho intramolecular Hbond substituents is 1. The van der Waals surface area contributed by atoms with Crippen molar-refractivity contribution >= 4 is 56.9 Å². The van der Waals surface area contributed by atoms with Gasteiger partial charge in [-0.25, -0.2) is 13.2 Å². The average molecular weight is 618 g/mol. The lowest BCUT2D eigenvalue weighted by Gasteiger charge is -2.29. The number of carbonyl (C=O) groups is 3. The molecule has 0 aromatic heterocycles. The first kappa shape index (κ1) is 30.1. The fourth-order valence-electron chi connectivity index (χ4n) is 4.51. The number of carbonyl (C=O) groups excluding carboxylic acids is 2. The number of sulfone groups is 1. The third-order valence-corrected chi connectivity index (χ3v) is 8.48. The molecule has 0 saturated heterocycles. The van der Waals surface area contributed by atoms with Gasteiger partial charge in [-0.2, -0.15) is 0 Å². The maximum Gasteiger partial charge on any atom is 0.326 e. The summed E-state index contributed by atoms with van der Waals surface area (Å²) in [6, 6.07) is 12.6. The van der Waals surface area contributed by atoms with E-state index in [-0.39, 0.29) is 45.1 Å². The van der Waals surface area contributed by atoms with Crippen LogP contribution in [0.3, 0.4) is 0 Å². The Hall–Kier alpha value is -3.86. The summed E-state index contributed by atoms with van der Waals surface area (Å²) in [6.07, 6.45) is 4.10. The van der Waals surface area contributed by atoms with Gasteiger partial charge in [0.05, 0.1) is 20.5 Å². The zero-order valence-electron chi connectivity index (χ0n) is 21.8. The largest absolute Gasteiger partial charge is 0.507 e. The van der Waals surface area contributed by atoms with E-state index in [0.717, 1.165) is 6.26 Å². The van der Waals surface area contributed by atoms with Gasteiger partial charge in [-0.1, -0.05) is 53.5 Å². The van der Waals surface area contributed by atoms with Crippen LogP contribution in [0.1, 0.15) is 32.6 Å². The van der Waals surface area contributed by atoms with E-state index in [2.05, 4.69) is 5.32 Å². The first-order valence-corrected chi connectivity index (χ1v) is 15.1. The third kappa shape index (κ3) is 7.08. The summed E-state index contributed by atoms with van der Waals surface area (Å²) in [4.78, 5) is 39.6. The van der Waals surface area contributed by atoms with Crippen LogP contribution in [-0.2, 0) is 38.8 Å². The van der Waals surface area contributed by atoms with Crippen molar-refractivity contribution in [2.45, 2.75) is 30.3 Å².